The van der Waals surface area contributed by atoms with Gasteiger partial charge in [0, 0.05) is 5.41 Å². The predicted octanol–water partition coefficient (Wildman–Crippen LogP) is 2.17. The van der Waals surface area contributed by atoms with Gasteiger partial charge >= 0.3 is 0 Å². The van der Waals surface area contributed by atoms with Crippen LogP contribution in [-0.2, 0) is 0 Å². The van der Waals surface area contributed by atoms with Gasteiger partial charge in [0.05, 0.1) is 5.71 Å². The zero-order valence-electron chi connectivity index (χ0n) is 6.14. The normalized spacial score (nSPS) is 33.0. The Morgan fingerprint density at radius 1 is 1.20 bits per heavy atom. The van der Waals surface area contributed by atoms with E-state index in [1.54, 1.807) is 0 Å². The largest absolute Gasteiger partial charge is 0.411 e. The summed E-state index contributed by atoms with van der Waals surface area (Å²) in [5.41, 5.74) is 1.46. The Balaban J connectivity index is 2.15. The molecule has 10 heavy (non-hydrogen) atoms. The van der Waals surface area contributed by atoms with Crippen molar-refractivity contribution >= 4 is 5.71 Å². The number of rotatable bonds is 0. The minimum absolute atomic E-state index is 0.384. The number of oxime groups is 1. The van der Waals surface area contributed by atoms with E-state index in [9.17, 15) is 0 Å². The molecule has 0 saturated heterocycles. The lowest BCUT2D eigenvalue weighted by atomic mass is 9.66. The van der Waals surface area contributed by atoms with E-state index in [-0.39, 0.29) is 0 Å². The summed E-state index contributed by atoms with van der Waals surface area (Å²) in [6, 6.07) is 0. The van der Waals surface area contributed by atoms with Gasteiger partial charge in [0.25, 0.3) is 0 Å². The van der Waals surface area contributed by atoms with E-state index >= 15 is 0 Å². The molecule has 2 heteroatoms. The van der Waals surface area contributed by atoms with Crippen molar-refractivity contribution in [2.45, 2.75) is 38.5 Å². The van der Waals surface area contributed by atoms with Crippen LogP contribution in [0.3, 0.4) is 0 Å². The first-order valence-electron chi connectivity index (χ1n) is 4.09. The first-order valence-corrected chi connectivity index (χ1v) is 4.09. The van der Waals surface area contributed by atoms with Gasteiger partial charge in [-0.2, -0.15) is 0 Å². The molecular weight excluding hydrogens is 126 g/mol. The minimum atomic E-state index is 0.384. The smallest absolute Gasteiger partial charge is 0.0632 e. The van der Waals surface area contributed by atoms with E-state index in [2.05, 4.69) is 5.16 Å². The summed E-state index contributed by atoms with van der Waals surface area (Å²) in [4.78, 5) is 0. The Hall–Kier alpha value is -0.530. The van der Waals surface area contributed by atoms with Crippen molar-refractivity contribution < 1.29 is 5.21 Å². The van der Waals surface area contributed by atoms with E-state index in [1.165, 1.54) is 32.1 Å². The van der Waals surface area contributed by atoms with Gasteiger partial charge in [0.2, 0.25) is 0 Å². The molecular formula is C8H13NO. The third-order valence-electron chi connectivity index (χ3n) is 3.13. The summed E-state index contributed by atoms with van der Waals surface area (Å²) >= 11 is 0. The number of nitrogens with zero attached hydrogens (tertiary/aromatic N) is 1. The van der Waals surface area contributed by atoms with Crippen LogP contribution in [0.1, 0.15) is 38.5 Å². The number of hydrogen-bond donors (Lipinski definition) is 1. The Kier molecular flexibility index (Phi) is 1.22. The summed E-state index contributed by atoms with van der Waals surface area (Å²) in [6.45, 7) is 0. The molecule has 2 aliphatic carbocycles. The maximum absolute atomic E-state index is 8.60. The molecule has 2 saturated carbocycles. The summed E-state index contributed by atoms with van der Waals surface area (Å²) in [5.74, 6) is 0. The molecule has 0 amide bonds. The van der Waals surface area contributed by atoms with Crippen molar-refractivity contribution in [1.29, 1.82) is 0 Å². The molecule has 2 nitrogen and oxygen atoms in total. The molecule has 0 radical (unpaired) electrons. The maximum Gasteiger partial charge on any atom is 0.0632 e. The van der Waals surface area contributed by atoms with Gasteiger partial charge in [-0.3, -0.25) is 0 Å². The van der Waals surface area contributed by atoms with E-state index in [4.69, 9.17) is 5.21 Å². The van der Waals surface area contributed by atoms with Gasteiger partial charge in [-0.25, -0.2) is 0 Å². The highest BCUT2D eigenvalue weighted by atomic mass is 16.4. The SMILES string of the molecule is O/N=C1\CCC12CCCC2. The second-order valence-corrected chi connectivity index (χ2v) is 3.53. The molecule has 1 spiro atoms. The zero-order valence-corrected chi connectivity index (χ0v) is 6.14. The lowest BCUT2D eigenvalue weighted by Gasteiger charge is -2.38. The summed E-state index contributed by atoms with van der Waals surface area (Å²) < 4.78 is 0. The molecule has 2 aliphatic rings. The highest BCUT2D eigenvalue weighted by Crippen LogP contribution is 2.50. The second-order valence-electron chi connectivity index (χ2n) is 3.53. The highest BCUT2D eigenvalue weighted by Gasteiger charge is 2.45. The molecule has 2 rings (SSSR count). The van der Waals surface area contributed by atoms with Crippen LogP contribution < -0.4 is 0 Å². The molecule has 56 valence electrons. The molecule has 0 bridgehead atoms. The van der Waals surface area contributed by atoms with Crippen LogP contribution >= 0.6 is 0 Å². The zero-order chi connectivity index (χ0) is 7.03. The average Bonchev–Trinajstić information content (AvgIpc) is 2.35. The van der Waals surface area contributed by atoms with E-state index < -0.39 is 0 Å². The molecule has 0 aromatic rings. The van der Waals surface area contributed by atoms with Crippen molar-refractivity contribution in [2.75, 3.05) is 0 Å². The lowest BCUT2D eigenvalue weighted by molar-refractivity contribution is 0.270. The minimum Gasteiger partial charge on any atom is -0.411 e. The first kappa shape index (κ1) is 6.20. The van der Waals surface area contributed by atoms with Crippen molar-refractivity contribution in [1.82, 2.24) is 0 Å². The number of hydrogen-bond acceptors (Lipinski definition) is 2. The van der Waals surface area contributed by atoms with Crippen molar-refractivity contribution in [3.63, 3.8) is 0 Å². The van der Waals surface area contributed by atoms with Gasteiger partial charge in [0.15, 0.2) is 0 Å². The average molecular weight is 139 g/mol. The molecule has 0 atom stereocenters. The Bertz CT molecular complexity index is 168. The van der Waals surface area contributed by atoms with Crippen molar-refractivity contribution in [2.24, 2.45) is 10.6 Å². The van der Waals surface area contributed by atoms with Gasteiger partial charge in [-0.1, -0.05) is 18.0 Å². The summed E-state index contributed by atoms with van der Waals surface area (Å²) in [6.07, 6.45) is 7.51. The van der Waals surface area contributed by atoms with E-state index in [1.807, 2.05) is 0 Å². The predicted molar refractivity (Wildman–Crippen MR) is 39.4 cm³/mol. The fourth-order valence-electron chi connectivity index (χ4n) is 2.34. The molecule has 0 aromatic carbocycles. The molecule has 1 N–H and O–H groups in total. The van der Waals surface area contributed by atoms with E-state index in [0.717, 1.165) is 12.1 Å². The summed E-state index contributed by atoms with van der Waals surface area (Å²) in [7, 11) is 0. The first-order chi connectivity index (χ1) is 4.87. The van der Waals surface area contributed by atoms with Crippen molar-refractivity contribution in [3.05, 3.63) is 0 Å². The Morgan fingerprint density at radius 2 is 1.90 bits per heavy atom. The quantitative estimate of drug-likeness (QED) is 0.405. The van der Waals surface area contributed by atoms with Gasteiger partial charge in [-0.05, 0) is 25.7 Å². The third kappa shape index (κ3) is 0.619. The van der Waals surface area contributed by atoms with Crippen molar-refractivity contribution in [3.8, 4) is 0 Å². The van der Waals surface area contributed by atoms with Crippen LogP contribution in [-0.4, -0.2) is 10.9 Å². The Labute approximate surface area is 60.9 Å². The maximum atomic E-state index is 8.60. The van der Waals surface area contributed by atoms with Crippen LogP contribution in [0.25, 0.3) is 0 Å². The molecule has 0 aromatic heterocycles. The van der Waals surface area contributed by atoms with E-state index in [0.29, 0.717) is 5.41 Å². The van der Waals surface area contributed by atoms with Crippen LogP contribution in [0.4, 0.5) is 0 Å². The topological polar surface area (TPSA) is 32.6 Å². The Morgan fingerprint density at radius 3 is 2.30 bits per heavy atom. The molecule has 0 aliphatic heterocycles. The fourth-order valence-corrected chi connectivity index (χ4v) is 2.34. The monoisotopic (exact) mass is 139 g/mol. The van der Waals surface area contributed by atoms with Crippen LogP contribution in [0.15, 0.2) is 5.16 Å². The highest BCUT2D eigenvalue weighted by molar-refractivity contribution is 5.95. The third-order valence-corrected chi connectivity index (χ3v) is 3.13. The second kappa shape index (κ2) is 1.97. The lowest BCUT2D eigenvalue weighted by Crippen LogP contribution is -2.38. The van der Waals surface area contributed by atoms with Gasteiger partial charge in [-0.15, -0.1) is 0 Å². The van der Waals surface area contributed by atoms with Crippen LogP contribution in [0.2, 0.25) is 0 Å². The fraction of sp³-hybridized carbons (Fsp3) is 0.875. The molecule has 0 unspecified atom stereocenters. The molecule has 0 heterocycles. The van der Waals surface area contributed by atoms with Gasteiger partial charge in [0.1, 0.15) is 0 Å². The van der Waals surface area contributed by atoms with Crippen LogP contribution in [0, 0.1) is 5.41 Å². The molecule has 2 fully saturated rings. The standard InChI is InChI=1S/C8H13NO/c10-9-7-3-6-8(7)4-1-2-5-8/h10H,1-6H2/b9-7+. The summed E-state index contributed by atoms with van der Waals surface area (Å²) in [5, 5.41) is 11.9. The van der Waals surface area contributed by atoms with Crippen LogP contribution in [0.5, 0.6) is 0 Å². The van der Waals surface area contributed by atoms with Gasteiger partial charge < -0.3 is 5.21 Å².